The van der Waals surface area contributed by atoms with E-state index in [4.69, 9.17) is 4.42 Å². The molecule has 0 N–H and O–H groups in total. The van der Waals surface area contributed by atoms with Gasteiger partial charge in [0.25, 0.3) is 0 Å². The Balaban J connectivity index is 1.20. The molecule has 0 aliphatic heterocycles. The molecule has 0 bridgehead atoms. The molecule has 0 aliphatic rings. The van der Waals surface area contributed by atoms with Crippen LogP contribution in [0.5, 0.6) is 0 Å². The molecule has 0 unspecified atom stereocenters. The molecule has 1 aromatic heterocycles. The van der Waals surface area contributed by atoms with Gasteiger partial charge < -0.3 is 9.32 Å². The van der Waals surface area contributed by atoms with Gasteiger partial charge in [0.15, 0.2) is 0 Å². The summed E-state index contributed by atoms with van der Waals surface area (Å²) in [4.78, 5) is 2.38. The highest BCUT2D eigenvalue weighted by atomic mass is 16.3. The highest BCUT2D eigenvalue weighted by Crippen LogP contribution is 2.45. The summed E-state index contributed by atoms with van der Waals surface area (Å²) in [5, 5.41) is 12.0. The maximum atomic E-state index is 6.62. The van der Waals surface area contributed by atoms with Gasteiger partial charge in [0.05, 0.1) is 11.1 Å². The quantitative estimate of drug-likeness (QED) is 0.184. The Morgan fingerprint density at radius 3 is 1.85 bits per heavy atom. The monoisotopic (exact) mass is 611 g/mol. The van der Waals surface area contributed by atoms with Crippen LogP contribution in [0.15, 0.2) is 180 Å². The molecule has 1 heterocycles. The van der Waals surface area contributed by atoms with Crippen molar-refractivity contribution in [2.24, 2.45) is 0 Å². The predicted molar refractivity (Wildman–Crippen MR) is 204 cm³/mol. The van der Waals surface area contributed by atoms with E-state index in [1.807, 2.05) is 0 Å². The van der Waals surface area contributed by atoms with E-state index < -0.39 is 0 Å². The van der Waals surface area contributed by atoms with Gasteiger partial charge in [0.2, 0.25) is 0 Å². The lowest BCUT2D eigenvalue weighted by Gasteiger charge is -2.27. The van der Waals surface area contributed by atoms with Crippen LogP contribution >= 0.6 is 0 Å². The molecule has 224 valence electrons. The number of rotatable bonds is 4. The fourth-order valence-electron chi connectivity index (χ4n) is 7.55. The zero-order valence-electron chi connectivity index (χ0n) is 26.1. The highest BCUT2D eigenvalue weighted by Gasteiger charge is 2.21. The van der Waals surface area contributed by atoms with E-state index in [2.05, 4.69) is 181 Å². The minimum Gasteiger partial charge on any atom is -0.455 e. The molecular weight excluding hydrogens is 583 g/mol. The van der Waals surface area contributed by atoms with Gasteiger partial charge in [0, 0.05) is 22.1 Å². The Bertz CT molecular complexity index is 2840. The van der Waals surface area contributed by atoms with Crippen molar-refractivity contribution in [2.75, 3.05) is 4.90 Å². The van der Waals surface area contributed by atoms with E-state index in [-0.39, 0.29) is 0 Å². The van der Waals surface area contributed by atoms with Crippen molar-refractivity contribution in [2.45, 2.75) is 0 Å². The van der Waals surface area contributed by atoms with Gasteiger partial charge in [-0.1, -0.05) is 127 Å². The summed E-state index contributed by atoms with van der Waals surface area (Å²) in [6, 6.07) is 63.3. The van der Waals surface area contributed by atoms with Crippen LogP contribution in [0.4, 0.5) is 17.1 Å². The van der Waals surface area contributed by atoms with Crippen LogP contribution in [-0.2, 0) is 0 Å². The standard InChI is InChI=1S/C46H29NO/c1-2-12-33-28-36(26-20-30(33)10-1)47(43-18-9-19-44-45(43)41-27-23-31-11-3-6-15-38(31)46(41)48-44)35-24-21-32(22-25-35)42-29-34-13-4-5-14-37(34)39-16-7-8-17-40(39)42/h1-29H. The van der Waals surface area contributed by atoms with Crippen molar-refractivity contribution in [3.63, 3.8) is 0 Å². The Hall–Kier alpha value is -6.38. The maximum absolute atomic E-state index is 6.62. The molecule has 0 saturated heterocycles. The molecule has 10 rings (SSSR count). The van der Waals surface area contributed by atoms with Crippen LogP contribution in [0.2, 0.25) is 0 Å². The Morgan fingerprint density at radius 2 is 1.02 bits per heavy atom. The topological polar surface area (TPSA) is 16.4 Å². The first-order valence-corrected chi connectivity index (χ1v) is 16.4. The van der Waals surface area contributed by atoms with Gasteiger partial charge in [-0.2, -0.15) is 0 Å². The predicted octanol–water partition coefficient (Wildman–Crippen LogP) is 13.3. The number of anilines is 3. The van der Waals surface area contributed by atoms with E-state index in [9.17, 15) is 0 Å². The summed E-state index contributed by atoms with van der Waals surface area (Å²) in [5.74, 6) is 0. The molecular formula is C46H29NO. The highest BCUT2D eigenvalue weighted by molar-refractivity contribution is 6.20. The fourth-order valence-corrected chi connectivity index (χ4v) is 7.55. The van der Waals surface area contributed by atoms with Gasteiger partial charge >= 0.3 is 0 Å². The zero-order chi connectivity index (χ0) is 31.6. The number of hydrogen-bond donors (Lipinski definition) is 0. The second-order valence-electron chi connectivity index (χ2n) is 12.5. The molecule has 0 saturated carbocycles. The van der Waals surface area contributed by atoms with Gasteiger partial charge in [-0.3, -0.25) is 0 Å². The van der Waals surface area contributed by atoms with Gasteiger partial charge in [-0.15, -0.1) is 0 Å². The van der Waals surface area contributed by atoms with Crippen molar-refractivity contribution in [3.8, 4) is 11.1 Å². The number of benzene rings is 9. The Kier molecular flexibility index (Phi) is 5.91. The van der Waals surface area contributed by atoms with E-state index in [1.165, 1.54) is 48.8 Å². The average Bonchev–Trinajstić information content (AvgIpc) is 3.55. The molecule has 0 amide bonds. The van der Waals surface area contributed by atoms with Crippen LogP contribution in [-0.4, -0.2) is 0 Å². The van der Waals surface area contributed by atoms with Crippen molar-refractivity contribution in [1.82, 2.24) is 0 Å². The molecule has 48 heavy (non-hydrogen) atoms. The van der Waals surface area contributed by atoms with Crippen LogP contribution in [0.3, 0.4) is 0 Å². The van der Waals surface area contributed by atoms with Crippen LogP contribution in [0.1, 0.15) is 0 Å². The fraction of sp³-hybridized carbons (Fsp3) is 0. The maximum Gasteiger partial charge on any atom is 0.143 e. The van der Waals surface area contributed by atoms with Crippen molar-refractivity contribution >= 4 is 82.1 Å². The molecule has 0 fully saturated rings. The Labute approximate surface area is 277 Å². The third kappa shape index (κ3) is 4.13. The smallest absolute Gasteiger partial charge is 0.143 e. The summed E-state index contributed by atoms with van der Waals surface area (Å²) in [5.41, 5.74) is 7.50. The lowest BCUT2D eigenvalue weighted by atomic mass is 9.93. The van der Waals surface area contributed by atoms with Crippen LogP contribution in [0.25, 0.3) is 76.2 Å². The molecule has 0 aliphatic carbocycles. The van der Waals surface area contributed by atoms with Crippen LogP contribution < -0.4 is 4.90 Å². The molecule has 0 atom stereocenters. The van der Waals surface area contributed by atoms with Gasteiger partial charge in [0.1, 0.15) is 11.2 Å². The molecule has 2 nitrogen and oxygen atoms in total. The average molecular weight is 612 g/mol. The minimum absolute atomic E-state index is 0.879. The zero-order valence-corrected chi connectivity index (χ0v) is 26.1. The molecule has 0 radical (unpaired) electrons. The number of furan rings is 1. The van der Waals surface area contributed by atoms with Crippen molar-refractivity contribution < 1.29 is 4.42 Å². The summed E-state index contributed by atoms with van der Waals surface area (Å²) in [7, 11) is 0. The normalized spacial score (nSPS) is 11.8. The Morgan fingerprint density at radius 1 is 0.375 bits per heavy atom. The largest absolute Gasteiger partial charge is 0.455 e. The molecule has 2 heteroatoms. The first kappa shape index (κ1) is 26.8. The summed E-state index contributed by atoms with van der Waals surface area (Å²) in [6.45, 7) is 0. The third-order valence-corrected chi connectivity index (χ3v) is 9.80. The second-order valence-corrected chi connectivity index (χ2v) is 12.5. The number of fused-ring (bicyclic) bond motifs is 9. The van der Waals surface area contributed by atoms with Crippen molar-refractivity contribution in [3.05, 3.63) is 176 Å². The SMILES string of the molecule is c1ccc2cc(N(c3ccc(-c4cc5ccccc5c5ccccc45)cc3)c3cccc4oc5c6ccccc6ccc5c34)ccc2c1. The first-order valence-electron chi connectivity index (χ1n) is 16.4. The van der Waals surface area contributed by atoms with Gasteiger partial charge in [-0.05, 0) is 97.4 Å². The summed E-state index contributed by atoms with van der Waals surface area (Å²) in [6.07, 6.45) is 0. The van der Waals surface area contributed by atoms with Gasteiger partial charge in [-0.25, -0.2) is 0 Å². The minimum atomic E-state index is 0.879. The van der Waals surface area contributed by atoms with E-state index in [0.717, 1.165) is 44.4 Å². The van der Waals surface area contributed by atoms with E-state index >= 15 is 0 Å². The lowest BCUT2D eigenvalue weighted by Crippen LogP contribution is -2.10. The van der Waals surface area contributed by atoms with E-state index in [1.54, 1.807) is 0 Å². The van der Waals surface area contributed by atoms with Crippen LogP contribution in [0, 0.1) is 0 Å². The van der Waals surface area contributed by atoms with E-state index in [0.29, 0.717) is 0 Å². The number of nitrogens with zero attached hydrogens (tertiary/aromatic N) is 1. The third-order valence-electron chi connectivity index (χ3n) is 9.80. The molecule has 0 spiro atoms. The lowest BCUT2D eigenvalue weighted by molar-refractivity contribution is 0.672. The van der Waals surface area contributed by atoms with Crippen molar-refractivity contribution in [1.29, 1.82) is 0 Å². The first-order chi connectivity index (χ1) is 23.8. The summed E-state index contributed by atoms with van der Waals surface area (Å²) >= 11 is 0. The second kappa shape index (κ2) is 10.6. The summed E-state index contributed by atoms with van der Waals surface area (Å²) < 4.78 is 6.62. The molecule has 10 aromatic rings. The number of hydrogen-bond acceptors (Lipinski definition) is 2. The molecule has 9 aromatic carbocycles.